The Morgan fingerprint density at radius 2 is 1.90 bits per heavy atom. The number of hydrogen-bond acceptors (Lipinski definition) is 6. The second kappa shape index (κ2) is 7.70. The minimum absolute atomic E-state index is 0.00548. The predicted octanol–water partition coefficient (Wildman–Crippen LogP) is 3.28. The Hall–Kier alpha value is -2.97. The fraction of sp³-hybridized carbons (Fsp3) is 0.333. The molecule has 3 heterocycles. The molecule has 0 unspecified atom stereocenters. The van der Waals surface area contributed by atoms with Gasteiger partial charge in [0.2, 0.25) is 12.7 Å². The third kappa shape index (κ3) is 3.64. The monoisotopic (exact) mass is 429 g/mol. The maximum atomic E-state index is 12.7. The van der Waals surface area contributed by atoms with Gasteiger partial charge in [-0.25, -0.2) is 4.79 Å². The van der Waals surface area contributed by atoms with Crippen LogP contribution in [0.4, 0.5) is 5.69 Å². The van der Waals surface area contributed by atoms with E-state index in [1.807, 2.05) is 6.07 Å². The summed E-state index contributed by atoms with van der Waals surface area (Å²) in [6.07, 6.45) is 1.43. The molecule has 3 aromatic rings. The summed E-state index contributed by atoms with van der Waals surface area (Å²) in [5.74, 6) is 0.833. The summed E-state index contributed by atoms with van der Waals surface area (Å²) < 4.78 is 17.5. The second-order valence-corrected chi connectivity index (χ2v) is 7.94. The summed E-state index contributed by atoms with van der Waals surface area (Å²) in [6.45, 7) is 2.05. The van der Waals surface area contributed by atoms with Crippen LogP contribution >= 0.6 is 11.6 Å². The lowest BCUT2D eigenvalue weighted by Gasteiger charge is -2.31. The number of nitrogens with one attached hydrogen (secondary N) is 1. The number of carbonyl (C=O) groups excluding carboxylic acids is 1. The molecule has 0 atom stereocenters. The molecule has 0 radical (unpaired) electrons. The van der Waals surface area contributed by atoms with Gasteiger partial charge in [0, 0.05) is 41.9 Å². The summed E-state index contributed by atoms with van der Waals surface area (Å²) >= 11 is 5.97. The number of piperidine rings is 1. The third-order valence-corrected chi connectivity index (χ3v) is 5.81. The highest BCUT2D eigenvalue weighted by atomic mass is 35.5. The van der Waals surface area contributed by atoms with Gasteiger partial charge >= 0.3 is 5.76 Å². The molecule has 1 N–H and O–H groups in total. The van der Waals surface area contributed by atoms with Gasteiger partial charge in [-0.3, -0.25) is 14.3 Å². The molecule has 30 heavy (non-hydrogen) atoms. The maximum absolute atomic E-state index is 12.7. The summed E-state index contributed by atoms with van der Waals surface area (Å²) in [4.78, 5) is 27.0. The summed E-state index contributed by atoms with van der Waals surface area (Å²) in [7, 11) is 0. The van der Waals surface area contributed by atoms with Gasteiger partial charge in [0.1, 0.15) is 0 Å². The van der Waals surface area contributed by atoms with Crippen molar-refractivity contribution in [3.63, 3.8) is 0 Å². The lowest BCUT2D eigenvalue weighted by Crippen LogP contribution is -2.40. The predicted molar refractivity (Wildman–Crippen MR) is 111 cm³/mol. The van der Waals surface area contributed by atoms with Crippen LogP contribution < -0.4 is 20.5 Å². The first kappa shape index (κ1) is 19.0. The Bertz CT molecular complexity index is 1160. The largest absolute Gasteiger partial charge is 0.454 e. The average molecular weight is 430 g/mol. The van der Waals surface area contributed by atoms with Crippen LogP contribution in [0, 0.1) is 5.92 Å². The molecule has 0 aliphatic carbocycles. The number of benzene rings is 2. The fourth-order valence-electron chi connectivity index (χ4n) is 3.93. The molecule has 0 saturated carbocycles. The number of nitrogens with zero attached hydrogens (tertiary/aromatic N) is 2. The molecule has 1 aromatic heterocycles. The standard InChI is InChI=1S/C21H20ClN3O5/c22-14-1-3-16-18(9-14)30-21(27)25(16)11-24-7-5-13(6-8-24)20(26)23-15-2-4-17-19(10-15)29-12-28-17/h1-4,9-10,13H,5-8,11-12H2,(H,23,26). The number of aromatic nitrogens is 1. The molecule has 156 valence electrons. The number of likely N-dealkylation sites (tertiary alicyclic amines) is 1. The molecule has 1 fully saturated rings. The Morgan fingerprint density at radius 1 is 1.10 bits per heavy atom. The van der Waals surface area contributed by atoms with E-state index >= 15 is 0 Å². The van der Waals surface area contributed by atoms with Crippen molar-refractivity contribution in [3.05, 3.63) is 52.0 Å². The van der Waals surface area contributed by atoms with Gasteiger partial charge in [0.05, 0.1) is 12.2 Å². The number of carbonyl (C=O) groups is 1. The number of fused-ring (bicyclic) bond motifs is 2. The minimum atomic E-state index is -0.407. The Balaban J connectivity index is 1.20. The lowest BCUT2D eigenvalue weighted by atomic mass is 9.96. The van der Waals surface area contributed by atoms with Crippen LogP contribution in [-0.2, 0) is 11.5 Å². The molecule has 5 rings (SSSR count). The van der Waals surface area contributed by atoms with Crippen molar-refractivity contribution in [2.75, 3.05) is 25.2 Å². The third-order valence-electron chi connectivity index (χ3n) is 5.57. The van der Waals surface area contributed by atoms with Gasteiger partial charge in [-0.05, 0) is 37.1 Å². The normalized spacial score (nSPS) is 16.8. The molecule has 0 bridgehead atoms. The van der Waals surface area contributed by atoms with Crippen molar-refractivity contribution in [2.45, 2.75) is 19.5 Å². The highest BCUT2D eigenvalue weighted by Gasteiger charge is 2.26. The van der Waals surface area contributed by atoms with E-state index in [-0.39, 0.29) is 18.6 Å². The first-order valence-corrected chi connectivity index (χ1v) is 10.2. The van der Waals surface area contributed by atoms with Crippen molar-refractivity contribution in [2.24, 2.45) is 5.92 Å². The van der Waals surface area contributed by atoms with Crippen LogP contribution in [0.1, 0.15) is 12.8 Å². The van der Waals surface area contributed by atoms with Crippen molar-refractivity contribution < 1.29 is 18.7 Å². The average Bonchev–Trinajstić information content (AvgIpc) is 3.32. The highest BCUT2D eigenvalue weighted by molar-refractivity contribution is 6.31. The van der Waals surface area contributed by atoms with Crippen LogP contribution in [-0.4, -0.2) is 35.3 Å². The second-order valence-electron chi connectivity index (χ2n) is 7.50. The van der Waals surface area contributed by atoms with Crippen LogP contribution in [0.2, 0.25) is 5.02 Å². The van der Waals surface area contributed by atoms with Gasteiger partial charge in [-0.1, -0.05) is 11.6 Å². The Morgan fingerprint density at radius 3 is 2.73 bits per heavy atom. The van der Waals surface area contributed by atoms with E-state index in [1.54, 1.807) is 34.9 Å². The van der Waals surface area contributed by atoms with Crippen molar-refractivity contribution in [3.8, 4) is 11.5 Å². The van der Waals surface area contributed by atoms with E-state index in [9.17, 15) is 9.59 Å². The van der Waals surface area contributed by atoms with Crippen LogP contribution in [0.3, 0.4) is 0 Å². The van der Waals surface area contributed by atoms with Gasteiger partial charge in [0.15, 0.2) is 17.1 Å². The zero-order valence-electron chi connectivity index (χ0n) is 16.1. The Labute approximate surface area is 176 Å². The molecule has 2 aliphatic rings. The van der Waals surface area contributed by atoms with Crippen molar-refractivity contribution >= 4 is 34.3 Å². The van der Waals surface area contributed by atoms with E-state index < -0.39 is 5.76 Å². The van der Waals surface area contributed by atoms with Gasteiger partial charge in [-0.2, -0.15) is 0 Å². The lowest BCUT2D eigenvalue weighted by molar-refractivity contribution is -0.121. The minimum Gasteiger partial charge on any atom is -0.454 e. The van der Waals surface area contributed by atoms with Crippen molar-refractivity contribution in [1.29, 1.82) is 0 Å². The van der Waals surface area contributed by atoms with Gasteiger partial charge in [0.25, 0.3) is 0 Å². The topological polar surface area (TPSA) is 85.9 Å². The van der Waals surface area contributed by atoms with Crippen LogP contribution in [0.15, 0.2) is 45.6 Å². The summed E-state index contributed by atoms with van der Waals surface area (Å²) in [6, 6.07) is 10.5. The number of halogens is 1. The molecule has 2 aliphatic heterocycles. The molecule has 2 aromatic carbocycles. The maximum Gasteiger partial charge on any atom is 0.421 e. The molecule has 1 saturated heterocycles. The smallest absolute Gasteiger partial charge is 0.421 e. The Kier molecular flexibility index (Phi) is 4.88. The molecule has 0 spiro atoms. The first-order chi connectivity index (χ1) is 14.6. The summed E-state index contributed by atoms with van der Waals surface area (Å²) in [5.41, 5.74) is 1.89. The first-order valence-electron chi connectivity index (χ1n) is 9.78. The summed E-state index contributed by atoms with van der Waals surface area (Å²) in [5, 5.41) is 3.49. The highest BCUT2D eigenvalue weighted by Crippen LogP contribution is 2.34. The van der Waals surface area contributed by atoms with E-state index in [4.69, 9.17) is 25.5 Å². The number of rotatable bonds is 4. The fourth-order valence-corrected chi connectivity index (χ4v) is 4.09. The number of amides is 1. The number of ether oxygens (including phenoxy) is 2. The quantitative estimate of drug-likeness (QED) is 0.685. The van der Waals surface area contributed by atoms with E-state index in [2.05, 4.69) is 10.2 Å². The van der Waals surface area contributed by atoms with E-state index in [0.717, 1.165) is 0 Å². The molecule has 8 nitrogen and oxygen atoms in total. The zero-order valence-corrected chi connectivity index (χ0v) is 16.9. The SMILES string of the molecule is O=C(Nc1ccc2c(c1)OCO2)C1CCN(Cn2c(=O)oc3cc(Cl)ccc32)CC1. The van der Waals surface area contributed by atoms with Gasteiger partial charge < -0.3 is 19.2 Å². The molecule has 1 amide bonds. The van der Waals surface area contributed by atoms with Crippen molar-refractivity contribution in [1.82, 2.24) is 9.47 Å². The van der Waals surface area contributed by atoms with Gasteiger partial charge in [-0.15, -0.1) is 0 Å². The van der Waals surface area contributed by atoms with E-state index in [0.29, 0.717) is 65.9 Å². The number of oxazole rings is 1. The van der Waals surface area contributed by atoms with E-state index in [1.165, 1.54) is 0 Å². The van der Waals surface area contributed by atoms with Crippen LogP contribution in [0.5, 0.6) is 11.5 Å². The molecular weight excluding hydrogens is 410 g/mol. The number of anilines is 1. The molecular formula is C21H20ClN3O5. The number of hydrogen-bond donors (Lipinski definition) is 1. The zero-order chi connectivity index (χ0) is 20.7. The molecule has 9 heteroatoms. The van der Waals surface area contributed by atoms with Crippen LogP contribution in [0.25, 0.3) is 11.1 Å².